The molecule has 1 rings (SSSR count). The maximum atomic E-state index is 5.27. The molecule has 1 saturated carbocycles. The summed E-state index contributed by atoms with van der Waals surface area (Å²) in [6, 6.07) is 0.918. The predicted octanol–water partition coefficient (Wildman–Crippen LogP) is 1.79. The summed E-state index contributed by atoms with van der Waals surface area (Å²) in [5.74, 6) is 3.58. The minimum absolute atomic E-state index is 0.241. The van der Waals surface area contributed by atoms with Crippen molar-refractivity contribution in [3.63, 3.8) is 0 Å². The van der Waals surface area contributed by atoms with Crippen LogP contribution in [0.1, 0.15) is 33.1 Å². The van der Waals surface area contributed by atoms with Crippen LogP contribution in [-0.4, -0.2) is 12.1 Å². The molecule has 0 aliphatic heterocycles. The van der Waals surface area contributed by atoms with Gasteiger partial charge in [0.1, 0.15) is 0 Å². The number of nitrogens with one attached hydrogen (secondary N) is 1. The van der Waals surface area contributed by atoms with Gasteiger partial charge < -0.3 is 5.32 Å². The maximum absolute atomic E-state index is 5.27. The molecule has 11 heavy (non-hydrogen) atoms. The van der Waals surface area contributed by atoms with Crippen LogP contribution < -0.4 is 5.32 Å². The standard InChI is InChI=1S/C10H17N/c1-4-9(3)11-10-6-5-8(2)7-10/h1,8-11H,5-7H2,2-3H3. The third-order valence-corrected chi connectivity index (χ3v) is 2.43. The number of hydrogen-bond acceptors (Lipinski definition) is 1. The molecule has 0 aromatic heterocycles. The fourth-order valence-corrected chi connectivity index (χ4v) is 1.76. The van der Waals surface area contributed by atoms with E-state index in [0.29, 0.717) is 6.04 Å². The number of rotatable bonds is 2. The second-order valence-electron chi connectivity index (χ2n) is 3.67. The van der Waals surface area contributed by atoms with Crippen LogP contribution in [0.3, 0.4) is 0 Å². The fraction of sp³-hybridized carbons (Fsp3) is 0.800. The van der Waals surface area contributed by atoms with E-state index < -0.39 is 0 Å². The Morgan fingerprint density at radius 1 is 1.55 bits per heavy atom. The van der Waals surface area contributed by atoms with Gasteiger partial charge >= 0.3 is 0 Å². The number of terminal acetylenes is 1. The molecular weight excluding hydrogens is 134 g/mol. The molecule has 1 heteroatoms. The molecule has 0 aromatic carbocycles. The zero-order valence-electron chi connectivity index (χ0n) is 7.43. The zero-order valence-corrected chi connectivity index (χ0v) is 7.43. The van der Waals surface area contributed by atoms with E-state index in [1.165, 1.54) is 19.3 Å². The summed E-state index contributed by atoms with van der Waals surface area (Å²) in [5, 5.41) is 3.42. The first kappa shape index (κ1) is 8.62. The zero-order chi connectivity index (χ0) is 8.27. The van der Waals surface area contributed by atoms with Crippen molar-refractivity contribution >= 4 is 0 Å². The van der Waals surface area contributed by atoms with Crippen LogP contribution in [0.5, 0.6) is 0 Å². The topological polar surface area (TPSA) is 12.0 Å². The average Bonchev–Trinajstić information content (AvgIpc) is 2.35. The normalized spacial score (nSPS) is 33.2. The summed E-state index contributed by atoms with van der Waals surface area (Å²) in [6.07, 6.45) is 9.22. The van der Waals surface area contributed by atoms with Gasteiger partial charge in [-0.3, -0.25) is 0 Å². The summed E-state index contributed by atoms with van der Waals surface area (Å²) in [5.41, 5.74) is 0. The van der Waals surface area contributed by atoms with Gasteiger partial charge in [0, 0.05) is 6.04 Å². The third kappa shape index (κ3) is 2.55. The van der Waals surface area contributed by atoms with Crippen molar-refractivity contribution in [3.8, 4) is 12.3 Å². The molecule has 1 nitrogen and oxygen atoms in total. The van der Waals surface area contributed by atoms with Gasteiger partial charge in [-0.1, -0.05) is 12.8 Å². The van der Waals surface area contributed by atoms with Crippen molar-refractivity contribution in [2.45, 2.75) is 45.2 Å². The van der Waals surface area contributed by atoms with Crippen molar-refractivity contribution in [1.82, 2.24) is 5.32 Å². The Morgan fingerprint density at radius 2 is 2.27 bits per heavy atom. The second kappa shape index (κ2) is 3.78. The Morgan fingerprint density at radius 3 is 2.73 bits per heavy atom. The first-order valence-corrected chi connectivity index (χ1v) is 4.44. The van der Waals surface area contributed by atoms with Gasteiger partial charge in [-0.05, 0) is 32.1 Å². The van der Waals surface area contributed by atoms with Crippen molar-refractivity contribution < 1.29 is 0 Å². The summed E-state index contributed by atoms with van der Waals surface area (Å²) < 4.78 is 0. The first-order chi connectivity index (χ1) is 5.22. The van der Waals surface area contributed by atoms with E-state index in [9.17, 15) is 0 Å². The van der Waals surface area contributed by atoms with E-state index in [1.807, 2.05) is 6.92 Å². The molecule has 0 aromatic rings. The molecule has 1 fully saturated rings. The molecule has 3 atom stereocenters. The Labute approximate surface area is 69.6 Å². The maximum Gasteiger partial charge on any atom is 0.0660 e. The van der Waals surface area contributed by atoms with Gasteiger partial charge in [0.05, 0.1) is 6.04 Å². The van der Waals surface area contributed by atoms with Crippen LogP contribution >= 0.6 is 0 Å². The molecule has 1 aliphatic rings. The third-order valence-electron chi connectivity index (χ3n) is 2.43. The largest absolute Gasteiger partial charge is 0.301 e. The summed E-state index contributed by atoms with van der Waals surface area (Å²) >= 11 is 0. The Bertz CT molecular complexity index is 157. The molecule has 0 amide bonds. The molecule has 0 saturated heterocycles. The van der Waals surface area contributed by atoms with E-state index in [1.54, 1.807) is 0 Å². The van der Waals surface area contributed by atoms with Crippen molar-refractivity contribution in [3.05, 3.63) is 0 Å². The minimum atomic E-state index is 0.241. The smallest absolute Gasteiger partial charge is 0.0660 e. The SMILES string of the molecule is C#CC(C)NC1CCC(C)C1. The highest BCUT2D eigenvalue weighted by Crippen LogP contribution is 2.24. The fourth-order valence-electron chi connectivity index (χ4n) is 1.76. The molecule has 1 aliphatic carbocycles. The van der Waals surface area contributed by atoms with Gasteiger partial charge in [-0.25, -0.2) is 0 Å². The predicted molar refractivity (Wildman–Crippen MR) is 48.2 cm³/mol. The Kier molecular flexibility index (Phi) is 2.96. The number of hydrogen-bond donors (Lipinski definition) is 1. The molecule has 0 bridgehead atoms. The lowest BCUT2D eigenvalue weighted by atomic mass is 10.1. The van der Waals surface area contributed by atoms with Crippen molar-refractivity contribution in [2.24, 2.45) is 5.92 Å². The lowest BCUT2D eigenvalue weighted by Gasteiger charge is -2.14. The van der Waals surface area contributed by atoms with Gasteiger partial charge in [0.25, 0.3) is 0 Å². The van der Waals surface area contributed by atoms with E-state index >= 15 is 0 Å². The molecule has 0 spiro atoms. The van der Waals surface area contributed by atoms with Crippen LogP contribution in [0.4, 0.5) is 0 Å². The van der Waals surface area contributed by atoms with Gasteiger partial charge in [0.15, 0.2) is 0 Å². The first-order valence-electron chi connectivity index (χ1n) is 4.44. The van der Waals surface area contributed by atoms with Crippen LogP contribution in [0, 0.1) is 18.3 Å². The van der Waals surface area contributed by atoms with Crippen LogP contribution in [0.2, 0.25) is 0 Å². The van der Waals surface area contributed by atoms with Crippen LogP contribution in [0.25, 0.3) is 0 Å². The van der Waals surface area contributed by atoms with Gasteiger partial charge in [-0.15, -0.1) is 6.42 Å². The molecule has 3 unspecified atom stereocenters. The van der Waals surface area contributed by atoms with Gasteiger partial charge in [-0.2, -0.15) is 0 Å². The summed E-state index contributed by atoms with van der Waals surface area (Å²) in [7, 11) is 0. The monoisotopic (exact) mass is 151 g/mol. The van der Waals surface area contributed by atoms with E-state index in [2.05, 4.69) is 18.2 Å². The summed E-state index contributed by atoms with van der Waals surface area (Å²) in [4.78, 5) is 0. The average molecular weight is 151 g/mol. The Balaban J connectivity index is 2.24. The second-order valence-corrected chi connectivity index (χ2v) is 3.67. The molecule has 1 N–H and O–H groups in total. The van der Waals surface area contributed by atoms with Crippen LogP contribution in [0.15, 0.2) is 0 Å². The molecular formula is C10H17N. The lowest BCUT2D eigenvalue weighted by molar-refractivity contribution is 0.485. The molecule has 0 heterocycles. The highest BCUT2D eigenvalue weighted by molar-refractivity contribution is 4.97. The minimum Gasteiger partial charge on any atom is -0.301 e. The highest BCUT2D eigenvalue weighted by atomic mass is 14.9. The van der Waals surface area contributed by atoms with Gasteiger partial charge in [0.2, 0.25) is 0 Å². The summed E-state index contributed by atoms with van der Waals surface area (Å²) in [6.45, 7) is 4.35. The quantitative estimate of drug-likeness (QED) is 0.593. The van der Waals surface area contributed by atoms with E-state index in [0.717, 1.165) is 5.92 Å². The van der Waals surface area contributed by atoms with Crippen molar-refractivity contribution in [2.75, 3.05) is 0 Å². The highest BCUT2D eigenvalue weighted by Gasteiger charge is 2.21. The van der Waals surface area contributed by atoms with E-state index in [4.69, 9.17) is 6.42 Å². The van der Waals surface area contributed by atoms with Crippen LogP contribution in [-0.2, 0) is 0 Å². The molecule has 62 valence electrons. The Hall–Kier alpha value is -0.480. The lowest BCUT2D eigenvalue weighted by Crippen LogP contribution is -2.33. The molecule has 0 radical (unpaired) electrons. The van der Waals surface area contributed by atoms with E-state index in [-0.39, 0.29) is 6.04 Å². The van der Waals surface area contributed by atoms with Crippen molar-refractivity contribution in [1.29, 1.82) is 0 Å².